The van der Waals surface area contributed by atoms with E-state index in [1.54, 1.807) is 12.3 Å². The summed E-state index contributed by atoms with van der Waals surface area (Å²) in [5.74, 6) is 1.38. The summed E-state index contributed by atoms with van der Waals surface area (Å²) >= 11 is 6.08. The molecule has 1 aromatic rings. The standard InChI is InChI=1S/C12H18ClN3O/c1-9(2)17-11-3-6-14-12(15-11)16-7-4-10(13)5-8-16/h3,6,9-10H,4-5,7-8H2,1-2H3. The lowest BCUT2D eigenvalue weighted by Gasteiger charge is -2.29. The maximum absolute atomic E-state index is 6.08. The summed E-state index contributed by atoms with van der Waals surface area (Å²) in [6.45, 7) is 5.81. The van der Waals surface area contributed by atoms with Crippen molar-refractivity contribution in [1.29, 1.82) is 0 Å². The van der Waals surface area contributed by atoms with Crippen LogP contribution in [-0.4, -0.2) is 34.5 Å². The maximum atomic E-state index is 6.08. The molecule has 1 fully saturated rings. The molecule has 1 aromatic heterocycles. The number of anilines is 1. The Bertz CT molecular complexity index is 365. The molecule has 5 heteroatoms. The normalized spacial score (nSPS) is 17.5. The SMILES string of the molecule is CC(C)Oc1ccnc(N2CCC(Cl)CC2)n1. The third kappa shape index (κ3) is 3.46. The fraction of sp³-hybridized carbons (Fsp3) is 0.667. The Kier molecular flexibility index (Phi) is 4.05. The summed E-state index contributed by atoms with van der Waals surface area (Å²) in [4.78, 5) is 10.9. The lowest BCUT2D eigenvalue weighted by atomic mass is 10.1. The number of nitrogens with zero attached hydrogens (tertiary/aromatic N) is 3. The van der Waals surface area contributed by atoms with E-state index in [1.165, 1.54) is 0 Å². The highest BCUT2D eigenvalue weighted by molar-refractivity contribution is 6.20. The van der Waals surface area contributed by atoms with E-state index < -0.39 is 0 Å². The fourth-order valence-electron chi connectivity index (χ4n) is 1.84. The number of hydrogen-bond acceptors (Lipinski definition) is 4. The average molecular weight is 256 g/mol. The van der Waals surface area contributed by atoms with Crippen molar-refractivity contribution in [3.05, 3.63) is 12.3 Å². The molecule has 17 heavy (non-hydrogen) atoms. The van der Waals surface area contributed by atoms with E-state index in [-0.39, 0.29) is 6.10 Å². The minimum absolute atomic E-state index is 0.131. The molecule has 0 saturated carbocycles. The summed E-state index contributed by atoms with van der Waals surface area (Å²) < 4.78 is 5.56. The summed E-state index contributed by atoms with van der Waals surface area (Å²) in [6, 6.07) is 1.79. The highest BCUT2D eigenvalue weighted by Crippen LogP contribution is 2.20. The first kappa shape index (κ1) is 12.4. The van der Waals surface area contributed by atoms with Crippen molar-refractivity contribution in [2.45, 2.75) is 38.2 Å². The van der Waals surface area contributed by atoms with Gasteiger partial charge in [-0.2, -0.15) is 4.98 Å². The topological polar surface area (TPSA) is 38.2 Å². The van der Waals surface area contributed by atoms with Gasteiger partial charge in [0.2, 0.25) is 11.8 Å². The summed E-state index contributed by atoms with van der Waals surface area (Å²) in [7, 11) is 0. The first-order valence-electron chi connectivity index (χ1n) is 6.04. The van der Waals surface area contributed by atoms with Crippen LogP contribution in [0, 0.1) is 0 Å². The van der Waals surface area contributed by atoms with Crippen LogP contribution in [-0.2, 0) is 0 Å². The van der Waals surface area contributed by atoms with Crippen LogP contribution in [0.4, 0.5) is 5.95 Å². The summed E-state index contributed by atoms with van der Waals surface area (Å²) in [5, 5.41) is 0.293. The van der Waals surface area contributed by atoms with Gasteiger partial charge in [-0.15, -0.1) is 11.6 Å². The van der Waals surface area contributed by atoms with Crippen LogP contribution in [0.3, 0.4) is 0 Å². The van der Waals surface area contributed by atoms with Gasteiger partial charge in [-0.3, -0.25) is 0 Å². The lowest BCUT2D eigenvalue weighted by Crippen LogP contribution is -2.35. The summed E-state index contributed by atoms with van der Waals surface area (Å²) in [6.07, 6.45) is 3.85. The second-order valence-electron chi connectivity index (χ2n) is 4.52. The summed E-state index contributed by atoms with van der Waals surface area (Å²) in [5.41, 5.74) is 0. The van der Waals surface area contributed by atoms with Crippen LogP contribution in [0.5, 0.6) is 5.88 Å². The molecule has 0 unspecified atom stereocenters. The highest BCUT2D eigenvalue weighted by atomic mass is 35.5. The molecule has 0 radical (unpaired) electrons. The van der Waals surface area contributed by atoms with Gasteiger partial charge in [0, 0.05) is 30.7 Å². The van der Waals surface area contributed by atoms with E-state index in [2.05, 4.69) is 14.9 Å². The van der Waals surface area contributed by atoms with Crippen molar-refractivity contribution < 1.29 is 4.74 Å². The zero-order valence-corrected chi connectivity index (χ0v) is 11.0. The van der Waals surface area contributed by atoms with E-state index in [4.69, 9.17) is 16.3 Å². The van der Waals surface area contributed by atoms with Crippen molar-refractivity contribution in [3.63, 3.8) is 0 Å². The van der Waals surface area contributed by atoms with E-state index in [0.29, 0.717) is 11.3 Å². The van der Waals surface area contributed by atoms with Gasteiger partial charge in [-0.1, -0.05) is 0 Å². The number of alkyl halides is 1. The molecule has 0 bridgehead atoms. The Morgan fingerprint density at radius 2 is 2.12 bits per heavy atom. The van der Waals surface area contributed by atoms with E-state index >= 15 is 0 Å². The minimum Gasteiger partial charge on any atom is -0.475 e. The Labute approximate surface area is 107 Å². The van der Waals surface area contributed by atoms with Crippen molar-refractivity contribution in [1.82, 2.24) is 9.97 Å². The third-order valence-corrected chi connectivity index (χ3v) is 3.12. The van der Waals surface area contributed by atoms with Gasteiger partial charge >= 0.3 is 0 Å². The molecule has 0 atom stereocenters. The van der Waals surface area contributed by atoms with Gasteiger partial charge in [0.05, 0.1) is 6.10 Å². The van der Waals surface area contributed by atoms with Crippen LogP contribution in [0.1, 0.15) is 26.7 Å². The van der Waals surface area contributed by atoms with Crippen molar-refractivity contribution >= 4 is 17.5 Å². The predicted octanol–water partition coefficient (Wildman–Crippen LogP) is 2.47. The lowest BCUT2D eigenvalue weighted by molar-refractivity contribution is 0.232. The molecule has 0 amide bonds. The fourth-order valence-corrected chi connectivity index (χ4v) is 2.04. The first-order valence-corrected chi connectivity index (χ1v) is 6.47. The Morgan fingerprint density at radius 1 is 1.41 bits per heavy atom. The second-order valence-corrected chi connectivity index (χ2v) is 5.14. The first-order chi connectivity index (χ1) is 8.15. The zero-order valence-electron chi connectivity index (χ0n) is 10.3. The van der Waals surface area contributed by atoms with E-state index in [9.17, 15) is 0 Å². The number of ether oxygens (including phenoxy) is 1. The van der Waals surface area contributed by atoms with Gasteiger partial charge in [0.25, 0.3) is 0 Å². The van der Waals surface area contributed by atoms with Crippen LogP contribution in [0.25, 0.3) is 0 Å². The third-order valence-electron chi connectivity index (χ3n) is 2.68. The molecule has 1 aliphatic rings. The molecule has 4 nitrogen and oxygen atoms in total. The van der Waals surface area contributed by atoms with Crippen LogP contribution >= 0.6 is 11.6 Å². The maximum Gasteiger partial charge on any atom is 0.228 e. The van der Waals surface area contributed by atoms with E-state index in [0.717, 1.165) is 31.9 Å². The molecule has 2 rings (SSSR count). The molecule has 0 spiro atoms. The monoisotopic (exact) mass is 255 g/mol. The Morgan fingerprint density at radius 3 is 2.76 bits per heavy atom. The molecule has 0 N–H and O–H groups in total. The molecular weight excluding hydrogens is 238 g/mol. The van der Waals surface area contributed by atoms with Crippen LogP contribution in [0.2, 0.25) is 0 Å². The number of rotatable bonds is 3. The van der Waals surface area contributed by atoms with Crippen molar-refractivity contribution in [2.24, 2.45) is 0 Å². The molecule has 1 saturated heterocycles. The molecule has 2 heterocycles. The number of hydrogen-bond donors (Lipinski definition) is 0. The second kappa shape index (κ2) is 5.54. The highest BCUT2D eigenvalue weighted by Gasteiger charge is 2.19. The quantitative estimate of drug-likeness (QED) is 0.778. The van der Waals surface area contributed by atoms with Crippen molar-refractivity contribution in [2.75, 3.05) is 18.0 Å². The zero-order chi connectivity index (χ0) is 12.3. The molecule has 0 aliphatic carbocycles. The van der Waals surface area contributed by atoms with Crippen LogP contribution in [0.15, 0.2) is 12.3 Å². The number of halogens is 1. The minimum atomic E-state index is 0.131. The molecule has 1 aliphatic heterocycles. The molecule has 94 valence electrons. The van der Waals surface area contributed by atoms with Gasteiger partial charge in [-0.25, -0.2) is 4.98 Å². The van der Waals surface area contributed by atoms with Gasteiger partial charge < -0.3 is 9.64 Å². The average Bonchev–Trinajstić information content (AvgIpc) is 2.29. The number of aromatic nitrogens is 2. The predicted molar refractivity (Wildman–Crippen MR) is 68.9 cm³/mol. The molecular formula is C12H18ClN3O. The smallest absolute Gasteiger partial charge is 0.228 e. The Balaban J connectivity index is 2.05. The van der Waals surface area contributed by atoms with Gasteiger partial charge in [0.15, 0.2) is 0 Å². The molecule has 0 aromatic carbocycles. The van der Waals surface area contributed by atoms with E-state index in [1.807, 2.05) is 13.8 Å². The largest absolute Gasteiger partial charge is 0.475 e. The van der Waals surface area contributed by atoms with Gasteiger partial charge in [-0.05, 0) is 26.7 Å². The van der Waals surface area contributed by atoms with Gasteiger partial charge in [0.1, 0.15) is 0 Å². The van der Waals surface area contributed by atoms with Crippen LogP contribution < -0.4 is 9.64 Å². The van der Waals surface area contributed by atoms with Crippen molar-refractivity contribution in [3.8, 4) is 5.88 Å². The Hall–Kier alpha value is -1.03. The number of piperidine rings is 1.